The third-order valence-corrected chi connectivity index (χ3v) is 3.27. The zero-order valence-corrected chi connectivity index (χ0v) is 12.0. The quantitative estimate of drug-likeness (QED) is 0.783. The summed E-state index contributed by atoms with van der Waals surface area (Å²) < 4.78 is 2.77. The first kappa shape index (κ1) is 14.5. The molecule has 20 heavy (non-hydrogen) atoms. The summed E-state index contributed by atoms with van der Waals surface area (Å²) >= 11 is 5.63. The fourth-order valence-corrected chi connectivity index (χ4v) is 2.14. The smallest absolute Gasteiger partial charge is 0.296 e. The van der Waals surface area contributed by atoms with Gasteiger partial charge in [-0.05, 0) is 25.0 Å². The predicted molar refractivity (Wildman–Crippen MR) is 78.4 cm³/mol. The van der Waals surface area contributed by atoms with Gasteiger partial charge < -0.3 is 0 Å². The predicted octanol–water partition coefficient (Wildman–Crippen LogP) is 1.39. The van der Waals surface area contributed by atoms with E-state index >= 15 is 0 Å². The van der Waals surface area contributed by atoms with Crippen molar-refractivity contribution in [2.45, 2.75) is 26.4 Å². The molecule has 0 saturated carbocycles. The van der Waals surface area contributed by atoms with Gasteiger partial charge in [-0.3, -0.25) is 18.9 Å². The van der Waals surface area contributed by atoms with Crippen LogP contribution in [0, 0.1) is 6.92 Å². The second-order valence-electron chi connectivity index (χ2n) is 4.58. The third kappa shape index (κ3) is 3.17. The van der Waals surface area contributed by atoms with Crippen LogP contribution >= 0.6 is 11.6 Å². The van der Waals surface area contributed by atoms with Gasteiger partial charge in [0.2, 0.25) is 0 Å². The lowest BCUT2D eigenvalue weighted by atomic mass is 10.3. The number of rotatable bonds is 5. The van der Waals surface area contributed by atoms with Gasteiger partial charge in [0.05, 0.1) is 6.54 Å². The Hall–Kier alpha value is -1.88. The van der Waals surface area contributed by atoms with Crippen molar-refractivity contribution >= 4 is 11.6 Å². The summed E-state index contributed by atoms with van der Waals surface area (Å²) in [5.41, 5.74) is 0.900. The molecule has 0 aliphatic heterocycles. The van der Waals surface area contributed by atoms with Gasteiger partial charge in [0.15, 0.2) is 0 Å². The molecule has 2 rings (SSSR count). The minimum atomic E-state index is -0.311. The lowest BCUT2D eigenvalue weighted by molar-refractivity contribution is 0.561. The third-order valence-electron chi connectivity index (χ3n) is 3.00. The van der Waals surface area contributed by atoms with Crippen molar-refractivity contribution < 1.29 is 0 Å². The normalized spacial score (nSPS) is 10.7. The molecule has 0 bridgehead atoms. The molecule has 0 aliphatic rings. The first-order valence-electron chi connectivity index (χ1n) is 6.39. The molecule has 106 valence electrons. The SMILES string of the molecule is Cc1cn(Cc2cccnc2)c(=O)n(CCCCl)c1=O. The van der Waals surface area contributed by atoms with Crippen molar-refractivity contribution in [1.82, 2.24) is 14.1 Å². The zero-order valence-electron chi connectivity index (χ0n) is 11.3. The van der Waals surface area contributed by atoms with Crippen LogP contribution < -0.4 is 11.2 Å². The summed E-state index contributed by atoms with van der Waals surface area (Å²) in [6, 6.07) is 3.71. The highest BCUT2D eigenvalue weighted by molar-refractivity contribution is 6.17. The summed E-state index contributed by atoms with van der Waals surface area (Å²) in [5, 5.41) is 0. The molecule has 0 saturated heterocycles. The molecule has 0 spiro atoms. The highest BCUT2D eigenvalue weighted by atomic mass is 35.5. The summed E-state index contributed by atoms with van der Waals surface area (Å²) in [7, 11) is 0. The van der Waals surface area contributed by atoms with Crippen LogP contribution in [0.5, 0.6) is 0 Å². The Kier molecular flexibility index (Phi) is 4.74. The number of pyridine rings is 1. The second kappa shape index (κ2) is 6.52. The number of aryl methyl sites for hydroxylation is 1. The molecule has 2 aromatic rings. The van der Waals surface area contributed by atoms with E-state index < -0.39 is 0 Å². The molecule has 0 amide bonds. The Balaban J connectivity index is 2.42. The molecular weight excluding hydrogens is 278 g/mol. The van der Waals surface area contributed by atoms with E-state index in [1.165, 1.54) is 9.13 Å². The van der Waals surface area contributed by atoms with Gasteiger partial charge in [-0.1, -0.05) is 6.07 Å². The Morgan fingerprint density at radius 3 is 2.80 bits per heavy atom. The maximum absolute atomic E-state index is 12.3. The Morgan fingerprint density at radius 1 is 1.35 bits per heavy atom. The van der Waals surface area contributed by atoms with E-state index in [4.69, 9.17) is 11.6 Å². The highest BCUT2D eigenvalue weighted by Crippen LogP contribution is 1.99. The van der Waals surface area contributed by atoms with E-state index in [0.29, 0.717) is 31.0 Å². The van der Waals surface area contributed by atoms with Gasteiger partial charge >= 0.3 is 5.69 Å². The van der Waals surface area contributed by atoms with E-state index in [9.17, 15) is 9.59 Å². The van der Waals surface area contributed by atoms with E-state index in [-0.39, 0.29) is 11.2 Å². The van der Waals surface area contributed by atoms with Crippen LogP contribution in [-0.2, 0) is 13.1 Å². The molecule has 0 aromatic carbocycles. The Labute approximate surface area is 121 Å². The lowest BCUT2D eigenvalue weighted by Crippen LogP contribution is -2.41. The molecule has 5 nitrogen and oxygen atoms in total. The molecule has 0 fully saturated rings. The van der Waals surface area contributed by atoms with Gasteiger partial charge in [0, 0.05) is 36.6 Å². The van der Waals surface area contributed by atoms with Gasteiger partial charge in [-0.15, -0.1) is 11.6 Å². The summed E-state index contributed by atoms with van der Waals surface area (Å²) in [6.07, 6.45) is 5.57. The van der Waals surface area contributed by atoms with Crippen LogP contribution in [0.15, 0.2) is 40.3 Å². The number of alkyl halides is 1. The standard InChI is InChI=1S/C14H16ClN3O2/c1-11-9-17(10-12-4-2-6-16-8-12)14(20)18(13(11)19)7-3-5-15/h2,4,6,8-9H,3,5,7,10H2,1H3. The molecule has 6 heteroatoms. The number of halogens is 1. The average molecular weight is 294 g/mol. The maximum Gasteiger partial charge on any atom is 0.331 e. The van der Waals surface area contributed by atoms with Crippen LogP contribution in [0.25, 0.3) is 0 Å². The molecule has 0 N–H and O–H groups in total. The molecule has 0 radical (unpaired) electrons. The van der Waals surface area contributed by atoms with Gasteiger partial charge in [-0.2, -0.15) is 0 Å². The Morgan fingerprint density at radius 2 is 2.15 bits per heavy atom. The monoisotopic (exact) mass is 293 g/mol. The van der Waals surface area contributed by atoms with Crippen LogP contribution in [0.1, 0.15) is 17.5 Å². The van der Waals surface area contributed by atoms with Gasteiger partial charge in [0.25, 0.3) is 5.56 Å². The number of aromatic nitrogens is 3. The van der Waals surface area contributed by atoms with E-state index in [1.807, 2.05) is 12.1 Å². The summed E-state index contributed by atoms with van der Waals surface area (Å²) in [4.78, 5) is 28.3. The van der Waals surface area contributed by atoms with E-state index in [0.717, 1.165) is 5.56 Å². The Bertz CT molecular complexity index is 692. The summed E-state index contributed by atoms with van der Waals surface area (Å²) in [5.74, 6) is 0.419. The lowest BCUT2D eigenvalue weighted by Gasteiger charge is -2.11. The maximum atomic E-state index is 12.3. The molecule has 0 aliphatic carbocycles. The largest absolute Gasteiger partial charge is 0.331 e. The van der Waals surface area contributed by atoms with Crippen molar-refractivity contribution in [2.75, 3.05) is 5.88 Å². The number of nitrogens with zero attached hydrogens (tertiary/aromatic N) is 3. The van der Waals surface area contributed by atoms with Crippen molar-refractivity contribution in [3.05, 3.63) is 62.7 Å². The molecule has 0 unspecified atom stereocenters. The first-order valence-corrected chi connectivity index (χ1v) is 6.92. The van der Waals surface area contributed by atoms with Gasteiger partial charge in [-0.25, -0.2) is 4.79 Å². The van der Waals surface area contributed by atoms with Crippen molar-refractivity contribution in [3.8, 4) is 0 Å². The molecule has 2 heterocycles. The van der Waals surface area contributed by atoms with Crippen LogP contribution in [-0.4, -0.2) is 20.0 Å². The number of hydrogen-bond acceptors (Lipinski definition) is 3. The second-order valence-corrected chi connectivity index (χ2v) is 4.96. The highest BCUT2D eigenvalue weighted by Gasteiger charge is 2.08. The zero-order chi connectivity index (χ0) is 14.5. The molecule has 2 aromatic heterocycles. The fraction of sp³-hybridized carbons (Fsp3) is 0.357. The first-order chi connectivity index (χ1) is 9.63. The minimum Gasteiger partial charge on any atom is -0.296 e. The minimum absolute atomic E-state index is 0.248. The molecular formula is C14H16ClN3O2. The van der Waals surface area contributed by atoms with Crippen molar-refractivity contribution in [1.29, 1.82) is 0 Å². The summed E-state index contributed by atoms with van der Waals surface area (Å²) in [6.45, 7) is 2.45. The van der Waals surface area contributed by atoms with Crippen molar-refractivity contribution in [2.24, 2.45) is 0 Å². The van der Waals surface area contributed by atoms with E-state index in [1.54, 1.807) is 25.5 Å². The van der Waals surface area contributed by atoms with Crippen LogP contribution in [0.3, 0.4) is 0 Å². The molecule has 0 atom stereocenters. The number of hydrogen-bond donors (Lipinski definition) is 0. The van der Waals surface area contributed by atoms with E-state index in [2.05, 4.69) is 4.98 Å². The van der Waals surface area contributed by atoms with Crippen LogP contribution in [0.4, 0.5) is 0 Å². The van der Waals surface area contributed by atoms with Gasteiger partial charge in [0.1, 0.15) is 0 Å². The topological polar surface area (TPSA) is 56.9 Å². The average Bonchev–Trinajstić information content (AvgIpc) is 2.46. The van der Waals surface area contributed by atoms with Crippen LogP contribution in [0.2, 0.25) is 0 Å². The van der Waals surface area contributed by atoms with Crippen molar-refractivity contribution in [3.63, 3.8) is 0 Å². The fourth-order valence-electron chi connectivity index (χ4n) is 2.02.